The van der Waals surface area contributed by atoms with E-state index in [4.69, 9.17) is 0 Å². The Labute approximate surface area is 140 Å². The van der Waals surface area contributed by atoms with Gasteiger partial charge < -0.3 is 14.6 Å². The normalized spacial score (nSPS) is 10.5. The van der Waals surface area contributed by atoms with Crippen LogP contribution in [0.2, 0.25) is 0 Å². The fraction of sp³-hybridized carbons (Fsp3) is 0.158. The van der Waals surface area contributed by atoms with Crippen molar-refractivity contribution in [2.45, 2.75) is 6.54 Å². The number of hydrogen-bond donors (Lipinski definition) is 1. The number of carboxylic acid groups (broad SMARTS) is 1. The van der Waals surface area contributed by atoms with Gasteiger partial charge in [-0.1, -0.05) is 36.4 Å². The first kappa shape index (κ1) is 15.8. The molecule has 0 aliphatic heterocycles. The van der Waals surface area contributed by atoms with Crippen molar-refractivity contribution in [2.24, 2.45) is 0 Å². The zero-order chi connectivity index (χ0) is 16.9. The quantitative estimate of drug-likeness (QED) is 0.756. The summed E-state index contributed by atoms with van der Waals surface area (Å²) in [6.07, 6.45) is 3.59. The van der Waals surface area contributed by atoms with E-state index in [1.54, 1.807) is 24.4 Å². The average molecular weight is 321 g/mol. The molecule has 24 heavy (non-hydrogen) atoms. The highest BCUT2D eigenvalue weighted by molar-refractivity contribution is 5.95. The van der Waals surface area contributed by atoms with E-state index in [-0.39, 0.29) is 5.56 Å². The van der Waals surface area contributed by atoms with Gasteiger partial charge in [0.25, 0.3) is 0 Å². The summed E-state index contributed by atoms with van der Waals surface area (Å²) in [5.41, 5.74) is 2.05. The van der Waals surface area contributed by atoms with E-state index in [9.17, 15) is 9.90 Å². The summed E-state index contributed by atoms with van der Waals surface area (Å²) in [6.45, 7) is 1.51. The zero-order valence-electron chi connectivity index (χ0n) is 13.5. The van der Waals surface area contributed by atoms with Crippen LogP contribution in [0.4, 0.5) is 5.69 Å². The maximum absolute atomic E-state index is 11.4. The number of aromatic carboxylic acids is 1. The van der Waals surface area contributed by atoms with E-state index in [0.29, 0.717) is 17.9 Å². The molecule has 5 heteroatoms. The van der Waals surface area contributed by atoms with Gasteiger partial charge in [-0.3, -0.25) is 0 Å². The van der Waals surface area contributed by atoms with Crippen LogP contribution in [0.15, 0.2) is 67.0 Å². The van der Waals surface area contributed by atoms with Crippen LogP contribution in [0.25, 0.3) is 11.4 Å². The van der Waals surface area contributed by atoms with E-state index in [1.807, 2.05) is 42.1 Å². The zero-order valence-corrected chi connectivity index (χ0v) is 13.5. The molecule has 0 fully saturated rings. The summed E-state index contributed by atoms with van der Waals surface area (Å²) in [5, 5.41) is 9.38. The van der Waals surface area contributed by atoms with E-state index in [0.717, 1.165) is 12.2 Å². The number of carbonyl (C=O) groups is 1. The lowest BCUT2D eigenvalue weighted by Crippen LogP contribution is -2.22. The topological polar surface area (TPSA) is 58.4 Å². The van der Waals surface area contributed by atoms with E-state index >= 15 is 0 Å². The number of carboxylic acids is 1. The van der Waals surface area contributed by atoms with Crippen molar-refractivity contribution < 1.29 is 9.90 Å². The number of anilines is 1. The molecule has 1 aromatic heterocycles. The molecule has 3 aromatic rings. The Balaban J connectivity index is 1.81. The predicted molar refractivity (Wildman–Crippen MR) is 94.3 cm³/mol. The Morgan fingerprint density at radius 1 is 1.12 bits per heavy atom. The summed E-state index contributed by atoms with van der Waals surface area (Å²) in [7, 11) is 2.04. The number of aromatic nitrogens is 2. The van der Waals surface area contributed by atoms with Crippen molar-refractivity contribution in [1.29, 1.82) is 0 Å². The van der Waals surface area contributed by atoms with Crippen LogP contribution in [0, 0.1) is 0 Å². The maximum atomic E-state index is 11.4. The fourth-order valence-electron chi connectivity index (χ4n) is 2.67. The summed E-state index contributed by atoms with van der Waals surface area (Å²) in [6, 6.07) is 17.1. The van der Waals surface area contributed by atoms with Crippen LogP contribution in [0.5, 0.6) is 0 Å². The van der Waals surface area contributed by atoms with Gasteiger partial charge in [0, 0.05) is 43.8 Å². The molecule has 0 bridgehead atoms. The molecular formula is C19H19N3O2. The number of hydrogen-bond acceptors (Lipinski definition) is 3. The second-order valence-corrected chi connectivity index (χ2v) is 5.55. The molecule has 0 saturated heterocycles. The molecule has 0 aliphatic rings. The van der Waals surface area contributed by atoms with E-state index < -0.39 is 5.97 Å². The number of likely N-dealkylation sites (N-methyl/N-ethyl adjacent to an activating group) is 1. The number of para-hydroxylation sites is 1. The SMILES string of the molecule is CN(CCn1ccnc1-c1ccccc1C(=O)O)c1ccccc1. The second-order valence-electron chi connectivity index (χ2n) is 5.55. The Bertz CT molecular complexity index is 827. The van der Waals surface area contributed by atoms with Gasteiger partial charge in [-0.05, 0) is 18.2 Å². The van der Waals surface area contributed by atoms with Crippen LogP contribution in [0.1, 0.15) is 10.4 Å². The number of benzene rings is 2. The molecule has 2 aromatic carbocycles. The Morgan fingerprint density at radius 2 is 1.83 bits per heavy atom. The van der Waals surface area contributed by atoms with Crippen LogP contribution >= 0.6 is 0 Å². The van der Waals surface area contributed by atoms with Crippen molar-refractivity contribution in [3.05, 3.63) is 72.6 Å². The first-order valence-corrected chi connectivity index (χ1v) is 7.77. The highest BCUT2D eigenvalue weighted by Crippen LogP contribution is 2.22. The maximum Gasteiger partial charge on any atom is 0.336 e. The van der Waals surface area contributed by atoms with Crippen LogP contribution in [0.3, 0.4) is 0 Å². The van der Waals surface area contributed by atoms with Gasteiger partial charge in [0.15, 0.2) is 0 Å². The molecule has 1 N–H and O–H groups in total. The van der Waals surface area contributed by atoms with Crippen LogP contribution < -0.4 is 4.90 Å². The van der Waals surface area contributed by atoms with Gasteiger partial charge in [-0.25, -0.2) is 9.78 Å². The highest BCUT2D eigenvalue weighted by atomic mass is 16.4. The van der Waals surface area contributed by atoms with Crippen LogP contribution in [-0.4, -0.2) is 34.2 Å². The van der Waals surface area contributed by atoms with Gasteiger partial charge in [0.2, 0.25) is 0 Å². The third-order valence-electron chi connectivity index (χ3n) is 3.99. The predicted octanol–water partition coefficient (Wildman–Crippen LogP) is 3.38. The summed E-state index contributed by atoms with van der Waals surface area (Å²) < 4.78 is 1.99. The largest absolute Gasteiger partial charge is 0.478 e. The summed E-state index contributed by atoms with van der Waals surface area (Å²) in [5.74, 6) is -0.268. The molecule has 3 rings (SSSR count). The van der Waals surface area contributed by atoms with Crippen molar-refractivity contribution in [3.8, 4) is 11.4 Å². The van der Waals surface area contributed by atoms with E-state index in [2.05, 4.69) is 22.0 Å². The van der Waals surface area contributed by atoms with Crippen molar-refractivity contribution in [2.75, 3.05) is 18.5 Å². The Hall–Kier alpha value is -3.08. The lowest BCUT2D eigenvalue weighted by molar-refractivity contribution is 0.0697. The molecule has 122 valence electrons. The van der Waals surface area contributed by atoms with Gasteiger partial charge in [0.05, 0.1) is 5.56 Å². The first-order chi connectivity index (χ1) is 11.7. The molecule has 0 amide bonds. The fourth-order valence-corrected chi connectivity index (χ4v) is 2.67. The third-order valence-corrected chi connectivity index (χ3v) is 3.99. The smallest absolute Gasteiger partial charge is 0.336 e. The molecule has 0 saturated carbocycles. The number of rotatable bonds is 6. The second kappa shape index (κ2) is 7.00. The van der Waals surface area contributed by atoms with Crippen molar-refractivity contribution >= 4 is 11.7 Å². The lowest BCUT2D eigenvalue weighted by atomic mass is 10.1. The van der Waals surface area contributed by atoms with E-state index in [1.165, 1.54) is 0 Å². The van der Waals surface area contributed by atoms with Crippen molar-refractivity contribution in [1.82, 2.24) is 9.55 Å². The van der Waals surface area contributed by atoms with Gasteiger partial charge >= 0.3 is 5.97 Å². The monoisotopic (exact) mass is 321 g/mol. The number of nitrogens with zero attached hydrogens (tertiary/aromatic N) is 3. The minimum absolute atomic E-state index is 0.265. The molecule has 0 unspecified atom stereocenters. The third kappa shape index (κ3) is 3.30. The Kier molecular flexibility index (Phi) is 4.61. The summed E-state index contributed by atoms with van der Waals surface area (Å²) in [4.78, 5) is 18.0. The lowest BCUT2D eigenvalue weighted by Gasteiger charge is -2.20. The highest BCUT2D eigenvalue weighted by Gasteiger charge is 2.15. The summed E-state index contributed by atoms with van der Waals surface area (Å²) >= 11 is 0. The molecule has 0 atom stereocenters. The molecule has 1 heterocycles. The van der Waals surface area contributed by atoms with Gasteiger partial charge in [0.1, 0.15) is 5.82 Å². The number of imidazole rings is 1. The first-order valence-electron chi connectivity index (χ1n) is 7.77. The minimum Gasteiger partial charge on any atom is -0.478 e. The molecule has 0 spiro atoms. The van der Waals surface area contributed by atoms with Gasteiger partial charge in [-0.2, -0.15) is 0 Å². The van der Waals surface area contributed by atoms with Crippen molar-refractivity contribution in [3.63, 3.8) is 0 Å². The Morgan fingerprint density at radius 3 is 2.58 bits per heavy atom. The molecule has 0 aliphatic carbocycles. The van der Waals surface area contributed by atoms with Crippen LogP contribution in [-0.2, 0) is 6.54 Å². The molecule has 0 radical (unpaired) electrons. The molecular weight excluding hydrogens is 302 g/mol. The average Bonchev–Trinajstić information content (AvgIpc) is 3.08. The molecule has 5 nitrogen and oxygen atoms in total. The minimum atomic E-state index is -0.943. The standard InChI is InChI=1S/C19H19N3O2/c1-21(15-7-3-2-4-8-15)13-14-22-12-11-20-18(22)16-9-5-6-10-17(16)19(23)24/h2-12H,13-14H2,1H3,(H,23,24). The van der Waals surface area contributed by atoms with Gasteiger partial charge in [-0.15, -0.1) is 0 Å².